The zero-order valence-corrected chi connectivity index (χ0v) is 24.7. The Hall–Kier alpha value is -2.05. The van der Waals surface area contributed by atoms with E-state index in [1.54, 1.807) is 12.1 Å². The second-order valence-corrected chi connectivity index (χ2v) is 20.5. The number of aldehydes is 1. The van der Waals surface area contributed by atoms with Crippen molar-refractivity contribution in [3.8, 4) is 0 Å². The van der Waals surface area contributed by atoms with Gasteiger partial charge in [-0.3, -0.25) is 0 Å². The van der Waals surface area contributed by atoms with Gasteiger partial charge in [-0.2, -0.15) is 0 Å². The summed E-state index contributed by atoms with van der Waals surface area (Å²) in [6, 6.07) is 17.5. The Kier molecular flexibility index (Phi) is 7.75. The van der Waals surface area contributed by atoms with E-state index < -0.39 is 19.8 Å². The van der Waals surface area contributed by atoms with Crippen LogP contribution in [-0.4, -0.2) is 34.3 Å². The molecule has 3 heterocycles. The monoisotopic (exact) mass is 722 g/mol. The van der Waals surface area contributed by atoms with E-state index >= 15 is 0 Å². The fourth-order valence-electron chi connectivity index (χ4n) is 4.77. The van der Waals surface area contributed by atoms with Crippen LogP contribution in [0, 0.1) is 5.82 Å². The number of hydrogen-bond donors (Lipinski definition) is 2. The molecule has 1 saturated carbocycles. The van der Waals surface area contributed by atoms with Crippen molar-refractivity contribution >= 4 is 61.5 Å². The van der Waals surface area contributed by atoms with Gasteiger partial charge in [-0.1, -0.05) is 0 Å². The maximum atomic E-state index is 13.8. The summed E-state index contributed by atoms with van der Waals surface area (Å²) in [6.07, 6.45) is 8.90. The fraction of sp³-hybridized carbons (Fsp3) is 0.310. The van der Waals surface area contributed by atoms with Crippen molar-refractivity contribution in [2.75, 3.05) is 11.9 Å². The van der Waals surface area contributed by atoms with Crippen LogP contribution in [0.15, 0.2) is 60.8 Å². The van der Waals surface area contributed by atoms with Gasteiger partial charge in [-0.15, -0.1) is 0 Å². The van der Waals surface area contributed by atoms with E-state index in [1.807, 2.05) is 44.1 Å². The Labute approximate surface area is 233 Å². The molecule has 2 N–H and O–H groups in total. The van der Waals surface area contributed by atoms with Gasteiger partial charge in [0.25, 0.3) is 0 Å². The van der Waals surface area contributed by atoms with E-state index in [9.17, 15) is 9.18 Å². The Balaban J connectivity index is 1.27. The molecular weight excluding hydrogens is 693 g/mol. The average molecular weight is 722 g/mol. The summed E-state index contributed by atoms with van der Waals surface area (Å²) >= 11 is -1.86. The van der Waals surface area contributed by atoms with Crippen LogP contribution in [0.4, 0.5) is 10.3 Å². The Morgan fingerprint density at radius 3 is 2.59 bits per heavy atom. The standard InChI is InChI=1S/C29H29FI2N4O/c30-22-10-8-21(9-11-22)27-28(25-14-15-34-29(36-25)35-24-2-1-3-24)32-23(12-13-26(32)31-27)17-33-16-19-4-6-20(18-37)7-5-19/h4-11,14-15,18,23-24,33H,1-3,12-13,16-17H2,(H,34,35,36)/t23-/m0/s1. The van der Waals surface area contributed by atoms with Gasteiger partial charge in [0.2, 0.25) is 0 Å². The van der Waals surface area contributed by atoms with E-state index in [0.29, 0.717) is 15.5 Å². The van der Waals surface area contributed by atoms with E-state index in [1.165, 1.54) is 44.8 Å². The average Bonchev–Trinajstić information content (AvgIpc) is 3.47. The minimum atomic E-state index is -1.63. The first kappa shape index (κ1) is 25.2. The molecule has 1 atom stereocenters. The van der Waals surface area contributed by atoms with Crippen LogP contribution in [-0.2, 0) is 6.54 Å². The van der Waals surface area contributed by atoms with Gasteiger partial charge in [0, 0.05) is 0 Å². The summed E-state index contributed by atoms with van der Waals surface area (Å²) in [5.74, 6) is 0.550. The first-order valence-electron chi connectivity index (χ1n) is 12.7. The number of nitrogens with zero attached hydrogens (tertiary/aromatic N) is 2. The van der Waals surface area contributed by atoms with Crippen LogP contribution in [0.5, 0.6) is 0 Å². The van der Waals surface area contributed by atoms with Crippen molar-refractivity contribution in [3.63, 3.8) is 0 Å². The number of alkyl halides is 1. The molecule has 1 aromatic heterocycles. The Bertz CT molecular complexity index is 1350. The third-order valence-electron chi connectivity index (χ3n) is 7.00. The minimum absolute atomic E-state index is 0.189. The van der Waals surface area contributed by atoms with Gasteiger partial charge < -0.3 is 0 Å². The van der Waals surface area contributed by atoms with Crippen LogP contribution in [0.1, 0.15) is 59.3 Å². The Morgan fingerprint density at radius 1 is 1.05 bits per heavy atom. The van der Waals surface area contributed by atoms with Crippen LogP contribution < -0.4 is 10.6 Å². The van der Waals surface area contributed by atoms with Crippen LogP contribution in [0.25, 0.3) is 7.16 Å². The van der Waals surface area contributed by atoms with E-state index in [-0.39, 0.29) is 26.5 Å². The molecule has 0 bridgehead atoms. The molecule has 192 valence electrons. The first-order chi connectivity index (χ1) is 18.2. The van der Waals surface area contributed by atoms with Crippen molar-refractivity contribution < 1.29 is 9.18 Å². The van der Waals surface area contributed by atoms with Crippen LogP contribution in [0.2, 0.25) is 0 Å². The van der Waals surface area contributed by atoms with Gasteiger partial charge in [0.05, 0.1) is 0 Å². The van der Waals surface area contributed by atoms with Crippen molar-refractivity contribution in [1.82, 2.24) is 15.3 Å². The summed E-state index contributed by atoms with van der Waals surface area (Å²) in [5, 5.41) is 7.24. The quantitative estimate of drug-likeness (QED) is 0.145. The van der Waals surface area contributed by atoms with Crippen molar-refractivity contribution in [2.45, 2.75) is 48.6 Å². The van der Waals surface area contributed by atoms with Gasteiger partial charge in [-0.25, -0.2) is 0 Å². The Morgan fingerprint density at radius 2 is 1.86 bits per heavy atom. The second kappa shape index (κ2) is 11.4. The molecule has 0 amide bonds. The summed E-state index contributed by atoms with van der Waals surface area (Å²) in [5.41, 5.74) is 4.15. The molecule has 3 aliphatic rings. The van der Waals surface area contributed by atoms with E-state index in [2.05, 4.69) is 21.7 Å². The normalized spacial score (nSPS) is 20.2. The number of anilines is 1. The summed E-state index contributed by atoms with van der Waals surface area (Å²) < 4.78 is 19.2. The SMILES string of the molecule is O=Cc1ccc(CNC[C@@H]2CCC3=IC(c4ccc(F)cc4)=C(c4ccnc(NC5CCC5)n4)I32)cc1. The number of halogens is 3. The van der Waals surface area contributed by atoms with Gasteiger partial charge in [0.1, 0.15) is 0 Å². The fourth-order valence-corrected chi connectivity index (χ4v) is 22.7. The topological polar surface area (TPSA) is 66.9 Å². The molecule has 5 nitrogen and oxygen atoms in total. The number of hydrogen-bond acceptors (Lipinski definition) is 5. The van der Waals surface area contributed by atoms with Crippen LogP contribution >= 0.6 is 40.6 Å². The predicted octanol–water partition coefficient (Wildman–Crippen LogP) is 6.79. The van der Waals surface area contributed by atoms with Gasteiger partial charge >= 0.3 is 235 Å². The number of carbonyl (C=O) groups is 1. The molecule has 8 heteroatoms. The van der Waals surface area contributed by atoms with E-state index in [0.717, 1.165) is 36.6 Å². The second-order valence-electron chi connectivity index (χ2n) is 9.54. The van der Waals surface area contributed by atoms with Gasteiger partial charge in [0.15, 0.2) is 0 Å². The first-order valence-corrected chi connectivity index (χ1v) is 18.3. The zero-order chi connectivity index (χ0) is 25.2. The maximum absolute atomic E-state index is 13.8. The molecule has 3 aromatic rings. The van der Waals surface area contributed by atoms with Crippen molar-refractivity contribution in [1.29, 1.82) is 0 Å². The number of carbonyl (C=O) groups excluding carboxylic acids is 1. The summed E-state index contributed by atoms with van der Waals surface area (Å²) in [6.45, 7) is 1.79. The molecule has 0 spiro atoms. The van der Waals surface area contributed by atoms with Crippen LogP contribution in [0.3, 0.4) is 0 Å². The summed E-state index contributed by atoms with van der Waals surface area (Å²) in [4.78, 5) is 20.5. The molecule has 2 aliphatic heterocycles. The molecule has 1 saturated heterocycles. The van der Waals surface area contributed by atoms with Crippen molar-refractivity contribution in [3.05, 3.63) is 89.0 Å². The number of rotatable bonds is 9. The number of fused-ring (bicyclic) bond motifs is 1. The molecule has 0 unspecified atom stereocenters. The molecule has 37 heavy (non-hydrogen) atoms. The zero-order valence-electron chi connectivity index (χ0n) is 20.4. The molecule has 1 aliphatic carbocycles. The third-order valence-corrected chi connectivity index (χ3v) is 22.0. The molecule has 2 fully saturated rings. The number of nitrogens with one attached hydrogen (secondary N) is 2. The molecule has 6 rings (SSSR count). The number of aromatic nitrogens is 2. The molecular formula is C29H29FI2N4O. The molecule has 2 aromatic carbocycles. The molecule has 0 radical (unpaired) electrons. The number of benzene rings is 2. The van der Waals surface area contributed by atoms with E-state index in [4.69, 9.17) is 4.98 Å². The predicted molar refractivity (Wildman–Crippen MR) is 166 cm³/mol. The summed E-state index contributed by atoms with van der Waals surface area (Å²) in [7, 11) is 0. The third kappa shape index (κ3) is 5.56. The van der Waals surface area contributed by atoms with Crippen molar-refractivity contribution in [2.24, 2.45) is 0 Å². The van der Waals surface area contributed by atoms with Gasteiger partial charge in [-0.05, 0) is 0 Å².